The van der Waals surface area contributed by atoms with E-state index in [9.17, 15) is 4.79 Å². The number of imidazole rings is 1. The first-order valence-corrected chi connectivity index (χ1v) is 12.9. The molecule has 0 saturated carbocycles. The van der Waals surface area contributed by atoms with E-state index in [1.165, 1.54) is 5.56 Å². The molecule has 192 valence electrons. The number of allylic oxidation sites excluding steroid dienone is 1. The van der Waals surface area contributed by atoms with Crippen molar-refractivity contribution in [3.63, 3.8) is 0 Å². The van der Waals surface area contributed by atoms with E-state index in [-0.39, 0.29) is 5.91 Å². The van der Waals surface area contributed by atoms with Crippen molar-refractivity contribution in [2.75, 3.05) is 20.3 Å². The van der Waals surface area contributed by atoms with E-state index in [0.717, 1.165) is 67.0 Å². The second kappa shape index (κ2) is 13.3. The number of amides is 1. The summed E-state index contributed by atoms with van der Waals surface area (Å²) < 4.78 is 13.5. The molecule has 1 aromatic heterocycles. The molecule has 0 aliphatic heterocycles. The molecule has 0 radical (unpaired) electrons. The van der Waals surface area contributed by atoms with Crippen LogP contribution in [-0.4, -0.2) is 35.7 Å². The number of carbonyl (C=O) groups is 1. The van der Waals surface area contributed by atoms with Gasteiger partial charge in [0.1, 0.15) is 17.3 Å². The fourth-order valence-electron chi connectivity index (χ4n) is 4.38. The number of ether oxygens (including phenoxy) is 2. The SMILES string of the molecule is C=CCc1ccccc1OCCCCn1c(CCCNC(=O)c2ccc(OC)cc2)nc2ccccc21. The Kier molecular flexibility index (Phi) is 9.35. The molecule has 0 unspecified atom stereocenters. The molecule has 6 heteroatoms. The van der Waals surface area contributed by atoms with E-state index in [1.54, 1.807) is 31.4 Å². The Labute approximate surface area is 218 Å². The summed E-state index contributed by atoms with van der Waals surface area (Å²) in [4.78, 5) is 17.3. The number of hydrogen-bond acceptors (Lipinski definition) is 4. The zero-order chi connectivity index (χ0) is 25.9. The summed E-state index contributed by atoms with van der Waals surface area (Å²) in [5.41, 5.74) is 3.95. The minimum Gasteiger partial charge on any atom is -0.497 e. The van der Waals surface area contributed by atoms with E-state index in [1.807, 2.05) is 30.3 Å². The van der Waals surface area contributed by atoms with Crippen LogP contribution in [0.25, 0.3) is 11.0 Å². The first-order chi connectivity index (χ1) is 18.2. The highest BCUT2D eigenvalue weighted by Gasteiger charge is 2.11. The number of carbonyl (C=O) groups excluding carboxylic acids is 1. The topological polar surface area (TPSA) is 65.4 Å². The van der Waals surface area contributed by atoms with Crippen molar-refractivity contribution in [1.29, 1.82) is 0 Å². The Morgan fingerprint density at radius 1 is 1.00 bits per heavy atom. The highest BCUT2D eigenvalue weighted by Crippen LogP contribution is 2.20. The van der Waals surface area contributed by atoms with Crippen molar-refractivity contribution in [2.24, 2.45) is 0 Å². The number of para-hydroxylation sites is 3. The summed E-state index contributed by atoms with van der Waals surface area (Å²) >= 11 is 0. The van der Waals surface area contributed by atoms with Gasteiger partial charge in [0.25, 0.3) is 5.91 Å². The maximum Gasteiger partial charge on any atom is 0.251 e. The smallest absolute Gasteiger partial charge is 0.251 e. The summed E-state index contributed by atoms with van der Waals surface area (Å²) in [7, 11) is 1.61. The van der Waals surface area contributed by atoms with Crippen LogP contribution in [0.4, 0.5) is 0 Å². The van der Waals surface area contributed by atoms with Crippen LogP contribution in [0, 0.1) is 0 Å². The van der Waals surface area contributed by atoms with Crippen LogP contribution in [0.15, 0.2) is 85.5 Å². The lowest BCUT2D eigenvalue weighted by atomic mass is 10.1. The number of fused-ring (bicyclic) bond motifs is 1. The van der Waals surface area contributed by atoms with E-state index < -0.39 is 0 Å². The van der Waals surface area contributed by atoms with Gasteiger partial charge in [-0.15, -0.1) is 6.58 Å². The van der Waals surface area contributed by atoms with E-state index >= 15 is 0 Å². The van der Waals surface area contributed by atoms with Gasteiger partial charge in [-0.2, -0.15) is 0 Å². The number of nitrogens with one attached hydrogen (secondary N) is 1. The van der Waals surface area contributed by atoms with Crippen LogP contribution in [0.1, 0.15) is 41.0 Å². The molecule has 6 nitrogen and oxygen atoms in total. The lowest BCUT2D eigenvalue weighted by Crippen LogP contribution is -2.25. The van der Waals surface area contributed by atoms with Crippen LogP contribution >= 0.6 is 0 Å². The summed E-state index contributed by atoms with van der Waals surface area (Å²) in [6.45, 7) is 5.98. The summed E-state index contributed by atoms with van der Waals surface area (Å²) in [5, 5.41) is 3.01. The van der Waals surface area contributed by atoms with Gasteiger partial charge in [-0.25, -0.2) is 4.98 Å². The number of aryl methyl sites for hydroxylation is 2. The Hall–Kier alpha value is -4.06. The zero-order valence-electron chi connectivity index (χ0n) is 21.5. The maximum absolute atomic E-state index is 12.4. The first-order valence-electron chi connectivity index (χ1n) is 12.9. The molecule has 37 heavy (non-hydrogen) atoms. The van der Waals surface area contributed by atoms with Gasteiger partial charge in [0.05, 0.1) is 24.8 Å². The van der Waals surface area contributed by atoms with Crippen LogP contribution < -0.4 is 14.8 Å². The van der Waals surface area contributed by atoms with Gasteiger partial charge >= 0.3 is 0 Å². The molecule has 1 heterocycles. The molecule has 0 saturated heterocycles. The number of rotatable bonds is 14. The van der Waals surface area contributed by atoms with Crippen LogP contribution in [0.3, 0.4) is 0 Å². The van der Waals surface area contributed by atoms with Crippen LogP contribution in [-0.2, 0) is 19.4 Å². The third-order valence-corrected chi connectivity index (χ3v) is 6.32. The van der Waals surface area contributed by atoms with Gasteiger partial charge in [-0.3, -0.25) is 4.79 Å². The van der Waals surface area contributed by atoms with Crippen LogP contribution in [0.5, 0.6) is 11.5 Å². The average molecular weight is 498 g/mol. The number of benzene rings is 3. The highest BCUT2D eigenvalue weighted by atomic mass is 16.5. The predicted molar refractivity (Wildman–Crippen MR) is 148 cm³/mol. The van der Waals surface area contributed by atoms with Crippen molar-refractivity contribution in [3.8, 4) is 11.5 Å². The molecule has 1 amide bonds. The zero-order valence-corrected chi connectivity index (χ0v) is 21.5. The Bertz CT molecular complexity index is 1310. The third kappa shape index (κ3) is 7.00. The number of methoxy groups -OCH3 is 1. The third-order valence-electron chi connectivity index (χ3n) is 6.32. The standard InChI is InChI=1S/C31H35N3O3/c1-3-11-24-12-4-7-15-29(24)37-23-9-8-22-34-28-14-6-5-13-27(28)33-30(34)16-10-21-32-31(35)25-17-19-26(36-2)20-18-25/h3-7,12-15,17-20H,1,8-11,16,21-23H2,2H3,(H,32,35). The van der Waals surface area contributed by atoms with Crippen molar-refractivity contribution < 1.29 is 14.3 Å². The largest absolute Gasteiger partial charge is 0.497 e. The second-order valence-electron chi connectivity index (χ2n) is 8.91. The normalized spacial score (nSPS) is 10.8. The van der Waals surface area contributed by atoms with Gasteiger partial charge in [-0.1, -0.05) is 36.4 Å². The first kappa shape index (κ1) is 26.0. The van der Waals surface area contributed by atoms with E-state index in [0.29, 0.717) is 18.7 Å². The highest BCUT2D eigenvalue weighted by molar-refractivity contribution is 5.94. The Balaban J connectivity index is 1.28. The molecule has 0 aliphatic carbocycles. The molecule has 0 spiro atoms. The lowest BCUT2D eigenvalue weighted by molar-refractivity contribution is 0.0953. The molecule has 4 aromatic rings. The van der Waals surface area contributed by atoms with E-state index in [4.69, 9.17) is 14.5 Å². The fraction of sp³-hybridized carbons (Fsp3) is 0.290. The molecule has 0 bridgehead atoms. The van der Waals surface area contributed by atoms with Crippen molar-refractivity contribution >= 4 is 16.9 Å². The lowest BCUT2D eigenvalue weighted by Gasteiger charge is -2.12. The maximum atomic E-state index is 12.4. The van der Waals surface area contributed by atoms with Crippen molar-refractivity contribution in [2.45, 2.75) is 38.6 Å². The Morgan fingerprint density at radius 3 is 2.59 bits per heavy atom. The molecule has 0 fully saturated rings. The second-order valence-corrected chi connectivity index (χ2v) is 8.91. The average Bonchev–Trinajstić information content (AvgIpc) is 3.29. The molecule has 4 rings (SSSR count). The predicted octanol–water partition coefficient (Wildman–Crippen LogP) is 6.00. The minimum absolute atomic E-state index is 0.0779. The van der Waals surface area contributed by atoms with Gasteiger partial charge < -0.3 is 19.4 Å². The summed E-state index contributed by atoms with van der Waals surface area (Å²) in [6.07, 6.45) is 6.26. The number of aromatic nitrogens is 2. The van der Waals surface area contributed by atoms with Gasteiger partial charge in [0.2, 0.25) is 0 Å². The quantitative estimate of drug-likeness (QED) is 0.172. The minimum atomic E-state index is -0.0779. The molecular weight excluding hydrogens is 462 g/mol. The fourth-order valence-corrected chi connectivity index (χ4v) is 4.38. The van der Waals surface area contributed by atoms with E-state index in [2.05, 4.69) is 40.7 Å². The number of hydrogen-bond donors (Lipinski definition) is 1. The molecule has 3 aromatic carbocycles. The van der Waals surface area contributed by atoms with Gasteiger partial charge in [-0.05, 0) is 73.7 Å². The monoisotopic (exact) mass is 497 g/mol. The molecular formula is C31H35N3O3. The van der Waals surface area contributed by atoms with Gasteiger partial charge in [0.15, 0.2) is 0 Å². The van der Waals surface area contributed by atoms with Crippen LogP contribution in [0.2, 0.25) is 0 Å². The summed E-state index contributed by atoms with van der Waals surface area (Å²) in [6, 6.07) is 23.5. The van der Waals surface area contributed by atoms with Crippen molar-refractivity contribution in [3.05, 3.63) is 102 Å². The number of unbranched alkanes of at least 4 members (excludes halogenated alkanes) is 1. The molecule has 0 aliphatic rings. The molecule has 0 atom stereocenters. The molecule has 1 N–H and O–H groups in total. The van der Waals surface area contributed by atoms with Crippen molar-refractivity contribution in [1.82, 2.24) is 14.9 Å². The number of nitrogens with zero attached hydrogens (tertiary/aromatic N) is 2. The van der Waals surface area contributed by atoms with Gasteiger partial charge in [0, 0.05) is 25.1 Å². The summed E-state index contributed by atoms with van der Waals surface area (Å²) in [5.74, 6) is 2.65. The Morgan fingerprint density at radius 2 is 1.78 bits per heavy atom.